The SMILES string of the molecule is CCNC(=NCC(c1ccc(F)cc1)N1CCOCC1)NCCCN1CCOCC1. The van der Waals surface area contributed by atoms with E-state index < -0.39 is 0 Å². The summed E-state index contributed by atoms with van der Waals surface area (Å²) >= 11 is 0. The van der Waals surface area contributed by atoms with E-state index in [-0.39, 0.29) is 11.9 Å². The van der Waals surface area contributed by atoms with E-state index in [1.165, 1.54) is 12.1 Å². The van der Waals surface area contributed by atoms with E-state index in [2.05, 4.69) is 27.4 Å². The predicted octanol–water partition coefficient (Wildman–Crippen LogP) is 1.48. The van der Waals surface area contributed by atoms with Gasteiger partial charge in [0.15, 0.2) is 5.96 Å². The van der Waals surface area contributed by atoms with E-state index in [1.807, 2.05) is 12.1 Å². The number of aliphatic imine (C=N–C) groups is 1. The number of halogens is 1. The zero-order chi connectivity index (χ0) is 21.0. The van der Waals surface area contributed by atoms with E-state index in [9.17, 15) is 4.39 Å². The Morgan fingerprint density at radius 1 is 1.03 bits per heavy atom. The number of morpholine rings is 2. The zero-order valence-electron chi connectivity index (χ0n) is 18.1. The number of hydrogen-bond donors (Lipinski definition) is 2. The summed E-state index contributed by atoms with van der Waals surface area (Å²) in [5.74, 6) is 0.623. The average Bonchev–Trinajstić information content (AvgIpc) is 2.79. The first-order valence-electron chi connectivity index (χ1n) is 11.2. The third-order valence-corrected chi connectivity index (χ3v) is 5.56. The van der Waals surface area contributed by atoms with Crippen LogP contribution in [0, 0.1) is 5.82 Å². The standard InChI is InChI=1S/C22H36FN5O2/c1-2-24-22(25-8-3-9-27-10-14-29-15-11-27)26-18-21(28-12-16-30-17-13-28)19-4-6-20(23)7-5-19/h4-7,21H,2-3,8-18H2,1H3,(H2,24,25,26). The van der Waals surface area contributed by atoms with E-state index in [4.69, 9.17) is 14.5 Å². The van der Waals surface area contributed by atoms with Crippen molar-refractivity contribution < 1.29 is 13.9 Å². The molecule has 2 heterocycles. The van der Waals surface area contributed by atoms with Crippen LogP contribution in [0.25, 0.3) is 0 Å². The fourth-order valence-corrected chi connectivity index (χ4v) is 3.86. The van der Waals surface area contributed by atoms with Crippen molar-refractivity contribution in [3.05, 3.63) is 35.6 Å². The Bertz CT molecular complexity index is 631. The highest BCUT2D eigenvalue weighted by Gasteiger charge is 2.22. The second kappa shape index (κ2) is 12.8. The van der Waals surface area contributed by atoms with Crippen LogP contribution in [0.1, 0.15) is 24.9 Å². The molecule has 1 unspecified atom stereocenters. The lowest BCUT2D eigenvalue weighted by molar-refractivity contribution is 0.0179. The van der Waals surface area contributed by atoms with Crippen molar-refractivity contribution in [3.63, 3.8) is 0 Å². The quantitative estimate of drug-likeness (QED) is 0.358. The lowest BCUT2D eigenvalue weighted by Gasteiger charge is -2.34. The van der Waals surface area contributed by atoms with Crippen molar-refractivity contribution in [3.8, 4) is 0 Å². The molecule has 1 aromatic rings. The van der Waals surface area contributed by atoms with Crippen LogP contribution in [-0.4, -0.2) is 94.5 Å². The van der Waals surface area contributed by atoms with E-state index in [0.717, 1.165) is 90.2 Å². The maximum atomic E-state index is 13.4. The van der Waals surface area contributed by atoms with Gasteiger partial charge in [0.2, 0.25) is 0 Å². The molecule has 2 aliphatic rings. The molecular formula is C22H36FN5O2. The molecular weight excluding hydrogens is 385 g/mol. The van der Waals surface area contributed by atoms with Gasteiger partial charge < -0.3 is 20.1 Å². The molecule has 0 aliphatic carbocycles. The zero-order valence-corrected chi connectivity index (χ0v) is 18.1. The first-order valence-corrected chi connectivity index (χ1v) is 11.2. The van der Waals surface area contributed by atoms with Gasteiger partial charge in [-0.05, 0) is 37.6 Å². The van der Waals surface area contributed by atoms with Crippen molar-refractivity contribution in [2.45, 2.75) is 19.4 Å². The van der Waals surface area contributed by atoms with Gasteiger partial charge in [0.05, 0.1) is 39.0 Å². The highest BCUT2D eigenvalue weighted by molar-refractivity contribution is 5.79. The lowest BCUT2D eigenvalue weighted by Crippen LogP contribution is -2.42. The Hall–Kier alpha value is -1.74. The Labute approximate surface area is 179 Å². The van der Waals surface area contributed by atoms with Crippen molar-refractivity contribution in [2.24, 2.45) is 4.99 Å². The smallest absolute Gasteiger partial charge is 0.191 e. The molecule has 2 fully saturated rings. The molecule has 30 heavy (non-hydrogen) atoms. The summed E-state index contributed by atoms with van der Waals surface area (Å²) in [4.78, 5) is 9.68. The van der Waals surface area contributed by atoms with Gasteiger partial charge in [0.25, 0.3) is 0 Å². The largest absolute Gasteiger partial charge is 0.379 e. The van der Waals surface area contributed by atoms with Crippen LogP contribution in [0.15, 0.2) is 29.3 Å². The topological polar surface area (TPSA) is 61.4 Å². The van der Waals surface area contributed by atoms with E-state index >= 15 is 0 Å². The van der Waals surface area contributed by atoms with Crippen molar-refractivity contribution in [1.29, 1.82) is 0 Å². The van der Waals surface area contributed by atoms with Gasteiger partial charge in [0, 0.05) is 39.3 Å². The summed E-state index contributed by atoms with van der Waals surface area (Å²) in [5.41, 5.74) is 1.09. The fraction of sp³-hybridized carbons (Fsp3) is 0.682. The maximum Gasteiger partial charge on any atom is 0.191 e. The Balaban J connectivity index is 1.56. The summed E-state index contributed by atoms with van der Waals surface area (Å²) in [6.45, 7) is 12.3. The molecule has 2 aliphatic heterocycles. The minimum Gasteiger partial charge on any atom is -0.379 e. The van der Waals surface area contributed by atoms with Crippen LogP contribution in [-0.2, 0) is 9.47 Å². The van der Waals surface area contributed by atoms with Crippen LogP contribution >= 0.6 is 0 Å². The van der Waals surface area contributed by atoms with Gasteiger partial charge in [-0.1, -0.05) is 12.1 Å². The molecule has 1 atom stereocenters. The number of benzene rings is 1. The van der Waals surface area contributed by atoms with Crippen LogP contribution in [0.2, 0.25) is 0 Å². The molecule has 0 spiro atoms. The molecule has 0 aromatic heterocycles. The van der Waals surface area contributed by atoms with E-state index in [1.54, 1.807) is 0 Å². The fourth-order valence-electron chi connectivity index (χ4n) is 3.86. The van der Waals surface area contributed by atoms with Gasteiger partial charge in [-0.25, -0.2) is 4.39 Å². The molecule has 0 bridgehead atoms. The van der Waals surface area contributed by atoms with Gasteiger partial charge in [0.1, 0.15) is 5.82 Å². The highest BCUT2D eigenvalue weighted by Crippen LogP contribution is 2.22. The van der Waals surface area contributed by atoms with Crippen molar-refractivity contribution in [2.75, 3.05) is 78.8 Å². The van der Waals surface area contributed by atoms with Gasteiger partial charge in [-0.2, -0.15) is 0 Å². The molecule has 1 aromatic carbocycles. The van der Waals surface area contributed by atoms with Crippen LogP contribution in [0.3, 0.4) is 0 Å². The van der Waals surface area contributed by atoms with Crippen molar-refractivity contribution in [1.82, 2.24) is 20.4 Å². The Kier molecular flexibility index (Phi) is 9.82. The van der Waals surface area contributed by atoms with Crippen LogP contribution in [0.5, 0.6) is 0 Å². The first kappa shape index (κ1) is 22.9. The number of ether oxygens (including phenoxy) is 2. The average molecular weight is 422 g/mol. The molecule has 168 valence electrons. The van der Waals surface area contributed by atoms with Gasteiger partial charge >= 0.3 is 0 Å². The molecule has 8 heteroatoms. The van der Waals surface area contributed by atoms with Crippen LogP contribution in [0.4, 0.5) is 4.39 Å². The third-order valence-electron chi connectivity index (χ3n) is 5.56. The van der Waals surface area contributed by atoms with E-state index in [0.29, 0.717) is 6.54 Å². The summed E-state index contributed by atoms with van der Waals surface area (Å²) in [6, 6.07) is 6.91. The number of hydrogen-bond acceptors (Lipinski definition) is 5. The minimum absolute atomic E-state index is 0.110. The molecule has 0 amide bonds. The number of nitrogens with one attached hydrogen (secondary N) is 2. The molecule has 2 N–H and O–H groups in total. The predicted molar refractivity (Wildman–Crippen MR) is 117 cm³/mol. The summed E-state index contributed by atoms with van der Waals surface area (Å²) < 4.78 is 24.3. The lowest BCUT2D eigenvalue weighted by atomic mass is 10.0. The molecule has 0 saturated carbocycles. The maximum absolute atomic E-state index is 13.4. The minimum atomic E-state index is -0.210. The third kappa shape index (κ3) is 7.50. The molecule has 0 radical (unpaired) electrons. The normalized spacial score (nSPS) is 20.1. The molecule has 2 saturated heterocycles. The Morgan fingerprint density at radius 3 is 2.37 bits per heavy atom. The number of guanidine groups is 1. The second-order valence-corrected chi connectivity index (χ2v) is 7.67. The summed E-state index contributed by atoms with van der Waals surface area (Å²) in [6.07, 6.45) is 1.06. The van der Waals surface area contributed by atoms with Gasteiger partial charge in [-0.15, -0.1) is 0 Å². The number of nitrogens with zero attached hydrogens (tertiary/aromatic N) is 3. The number of rotatable bonds is 9. The Morgan fingerprint density at radius 2 is 1.70 bits per heavy atom. The molecule has 7 nitrogen and oxygen atoms in total. The summed E-state index contributed by atoms with van der Waals surface area (Å²) in [5, 5.41) is 6.80. The van der Waals surface area contributed by atoms with Crippen LogP contribution < -0.4 is 10.6 Å². The highest BCUT2D eigenvalue weighted by atomic mass is 19.1. The molecule has 3 rings (SSSR count). The summed E-state index contributed by atoms with van der Waals surface area (Å²) in [7, 11) is 0. The first-order chi connectivity index (χ1) is 14.8. The van der Waals surface area contributed by atoms with Crippen molar-refractivity contribution >= 4 is 5.96 Å². The van der Waals surface area contributed by atoms with Gasteiger partial charge in [-0.3, -0.25) is 14.8 Å². The monoisotopic (exact) mass is 421 g/mol. The second-order valence-electron chi connectivity index (χ2n) is 7.67.